The van der Waals surface area contributed by atoms with Crippen LogP contribution in [0.5, 0.6) is 5.75 Å². The molecule has 0 saturated carbocycles. The molecule has 3 heteroatoms. The van der Waals surface area contributed by atoms with E-state index in [1.54, 1.807) is 6.07 Å². The molecule has 0 unspecified atom stereocenters. The zero-order valence-electron chi connectivity index (χ0n) is 12.7. The first-order chi connectivity index (χ1) is 8.76. The Hall–Kier alpha value is -1.09. The molecule has 2 nitrogen and oxygen atoms in total. The summed E-state index contributed by atoms with van der Waals surface area (Å²) in [6, 6.07) is 4.90. The van der Waals surface area contributed by atoms with Crippen LogP contribution >= 0.6 is 0 Å². The maximum absolute atomic E-state index is 13.5. The molecule has 0 fully saturated rings. The Balaban J connectivity index is 2.61. The number of rotatable bonds is 6. The molecule has 0 aliphatic carbocycles. The average Bonchev–Trinajstić information content (AvgIpc) is 2.24. The predicted molar refractivity (Wildman–Crippen MR) is 77.9 cm³/mol. The van der Waals surface area contributed by atoms with Crippen LogP contribution < -0.4 is 10.1 Å². The van der Waals surface area contributed by atoms with Gasteiger partial charge in [0.2, 0.25) is 0 Å². The van der Waals surface area contributed by atoms with E-state index >= 15 is 0 Å². The summed E-state index contributed by atoms with van der Waals surface area (Å²) in [6.07, 6.45) is 0.978. The second-order valence-electron chi connectivity index (χ2n) is 6.43. The minimum Gasteiger partial charge on any atom is -0.493 e. The highest BCUT2D eigenvalue weighted by atomic mass is 19.1. The second kappa shape index (κ2) is 6.90. The summed E-state index contributed by atoms with van der Waals surface area (Å²) < 4.78 is 19.1. The van der Waals surface area contributed by atoms with Crippen LogP contribution in [0.15, 0.2) is 18.2 Å². The Morgan fingerprint density at radius 3 is 2.47 bits per heavy atom. The third kappa shape index (κ3) is 7.16. The van der Waals surface area contributed by atoms with Gasteiger partial charge in [0.1, 0.15) is 11.6 Å². The molecule has 0 aliphatic heterocycles. The topological polar surface area (TPSA) is 21.3 Å². The second-order valence-corrected chi connectivity index (χ2v) is 6.43. The SMILES string of the molecule is CC(C)CCOc1cc(F)cc(CNC(C)(C)C)c1. The third-order valence-electron chi connectivity index (χ3n) is 2.72. The summed E-state index contributed by atoms with van der Waals surface area (Å²) >= 11 is 0. The van der Waals surface area contributed by atoms with Crippen LogP contribution in [-0.4, -0.2) is 12.1 Å². The monoisotopic (exact) mass is 267 g/mol. The zero-order chi connectivity index (χ0) is 14.5. The molecule has 0 aromatic heterocycles. The van der Waals surface area contributed by atoms with Crippen molar-refractivity contribution in [3.05, 3.63) is 29.6 Å². The molecule has 0 heterocycles. The minimum absolute atomic E-state index is 0.0188. The van der Waals surface area contributed by atoms with Gasteiger partial charge in [-0.1, -0.05) is 13.8 Å². The van der Waals surface area contributed by atoms with Gasteiger partial charge in [-0.25, -0.2) is 4.39 Å². The van der Waals surface area contributed by atoms with Crippen molar-refractivity contribution in [3.63, 3.8) is 0 Å². The van der Waals surface area contributed by atoms with Crippen molar-refractivity contribution in [3.8, 4) is 5.75 Å². The van der Waals surface area contributed by atoms with E-state index < -0.39 is 0 Å². The van der Waals surface area contributed by atoms with E-state index in [1.807, 2.05) is 6.07 Å². The Morgan fingerprint density at radius 1 is 1.21 bits per heavy atom. The molecule has 1 aromatic carbocycles. The predicted octanol–water partition coefficient (Wildman–Crippen LogP) is 4.14. The van der Waals surface area contributed by atoms with E-state index in [0.717, 1.165) is 12.0 Å². The van der Waals surface area contributed by atoms with E-state index in [0.29, 0.717) is 24.8 Å². The number of hydrogen-bond donors (Lipinski definition) is 1. The summed E-state index contributed by atoms with van der Waals surface area (Å²) in [6.45, 7) is 11.8. The van der Waals surface area contributed by atoms with Crippen LogP contribution in [0.25, 0.3) is 0 Å². The lowest BCUT2D eigenvalue weighted by Crippen LogP contribution is -2.35. The highest BCUT2D eigenvalue weighted by Gasteiger charge is 2.09. The minimum atomic E-state index is -0.243. The van der Waals surface area contributed by atoms with Crippen LogP contribution in [0.2, 0.25) is 0 Å². The van der Waals surface area contributed by atoms with Gasteiger partial charge in [0.25, 0.3) is 0 Å². The lowest BCUT2D eigenvalue weighted by molar-refractivity contribution is 0.288. The van der Waals surface area contributed by atoms with Gasteiger partial charge in [0, 0.05) is 18.2 Å². The standard InChI is InChI=1S/C16H26FNO/c1-12(2)6-7-19-15-9-13(8-14(17)10-15)11-18-16(3,4)5/h8-10,12,18H,6-7,11H2,1-5H3. The molecule has 0 radical (unpaired) electrons. The molecule has 19 heavy (non-hydrogen) atoms. The van der Waals surface area contributed by atoms with Crippen molar-refractivity contribution in [1.82, 2.24) is 5.32 Å². The van der Waals surface area contributed by atoms with Crippen molar-refractivity contribution in [2.45, 2.75) is 53.1 Å². The molecule has 108 valence electrons. The molecule has 0 bridgehead atoms. The van der Waals surface area contributed by atoms with Crippen LogP contribution in [0, 0.1) is 11.7 Å². The number of nitrogens with one attached hydrogen (secondary N) is 1. The summed E-state index contributed by atoms with van der Waals surface area (Å²) in [4.78, 5) is 0. The molecule has 0 saturated heterocycles. The maximum Gasteiger partial charge on any atom is 0.127 e. The van der Waals surface area contributed by atoms with Crippen LogP contribution in [0.4, 0.5) is 4.39 Å². The van der Waals surface area contributed by atoms with Gasteiger partial charge >= 0.3 is 0 Å². The summed E-state index contributed by atoms with van der Waals surface area (Å²) in [5.41, 5.74) is 0.930. The van der Waals surface area contributed by atoms with Crippen LogP contribution in [-0.2, 0) is 6.54 Å². The largest absolute Gasteiger partial charge is 0.493 e. The van der Waals surface area contributed by atoms with Crippen LogP contribution in [0.3, 0.4) is 0 Å². The first kappa shape index (κ1) is 16.0. The smallest absolute Gasteiger partial charge is 0.127 e. The van der Waals surface area contributed by atoms with Gasteiger partial charge in [0.15, 0.2) is 0 Å². The van der Waals surface area contributed by atoms with Crippen molar-refractivity contribution in [2.75, 3.05) is 6.61 Å². The first-order valence-electron chi connectivity index (χ1n) is 6.93. The Morgan fingerprint density at radius 2 is 1.89 bits per heavy atom. The van der Waals surface area contributed by atoms with Gasteiger partial charge in [-0.05, 0) is 50.8 Å². The molecule has 1 rings (SSSR count). The van der Waals surface area contributed by atoms with E-state index in [9.17, 15) is 4.39 Å². The number of benzene rings is 1. The Kier molecular flexibility index (Phi) is 5.80. The molecule has 0 aliphatic rings. The summed E-state index contributed by atoms with van der Waals surface area (Å²) in [7, 11) is 0. The number of halogens is 1. The molecular formula is C16H26FNO. The fourth-order valence-electron chi connectivity index (χ4n) is 1.59. The summed E-state index contributed by atoms with van der Waals surface area (Å²) in [5.74, 6) is 0.967. The first-order valence-corrected chi connectivity index (χ1v) is 6.93. The number of ether oxygens (including phenoxy) is 1. The van der Waals surface area contributed by atoms with Crippen molar-refractivity contribution in [1.29, 1.82) is 0 Å². The lowest BCUT2D eigenvalue weighted by Gasteiger charge is -2.20. The van der Waals surface area contributed by atoms with Gasteiger partial charge in [-0.2, -0.15) is 0 Å². The third-order valence-corrected chi connectivity index (χ3v) is 2.72. The van der Waals surface area contributed by atoms with Crippen molar-refractivity contribution in [2.24, 2.45) is 5.92 Å². The van der Waals surface area contributed by atoms with Gasteiger partial charge in [-0.3, -0.25) is 0 Å². The Labute approximate surface area is 116 Å². The Bertz CT molecular complexity index is 396. The lowest BCUT2D eigenvalue weighted by atomic mass is 10.1. The quantitative estimate of drug-likeness (QED) is 0.836. The zero-order valence-corrected chi connectivity index (χ0v) is 12.7. The van der Waals surface area contributed by atoms with Gasteiger partial charge in [-0.15, -0.1) is 0 Å². The average molecular weight is 267 g/mol. The fraction of sp³-hybridized carbons (Fsp3) is 0.625. The highest BCUT2D eigenvalue weighted by Crippen LogP contribution is 2.18. The normalized spacial score (nSPS) is 11.9. The van der Waals surface area contributed by atoms with Gasteiger partial charge < -0.3 is 10.1 Å². The van der Waals surface area contributed by atoms with E-state index in [4.69, 9.17) is 4.74 Å². The maximum atomic E-state index is 13.5. The van der Waals surface area contributed by atoms with E-state index in [-0.39, 0.29) is 11.4 Å². The molecule has 1 aromatic rings. The van der Waals surface area contributed by atoms with Crippen LogP contribution in [0.1, 0.15) is 46.6 Å². The van der Waals surface area contributed by atoms with E-state index in [1.165, 1.54) is 6.07 Å². The van der Waals surface area contributed by atoms with Crippen molar-refractivity contribution >= 4 is 0 Å². The van der Waals surface area contributed by atoms with Gasteiger partial charge in [0.05, 0.1) is 6.61 Å². The molecule has 0 spiro atoms. The fourth-order valence-corrected chi connectivity index (χ4v) is 1.59. The van der Waals surface area contributed by atoms with Crippen molar-refractivity contribution < 1.29 is 9.13 Å². The molecule has 0 amide bonds. The molecular weight excluding hydrogens is 241 g/mol. The molecule has 0 atom stereocenters. The highest BCUT2D eigenvalue weighted by molar-refractivity contribution is 5.29. The van der Waals surface area contributed by atoms with E-state index in [2.05, 4.69) is 39.9 Å². The number of hydrogen-bond acceptors (Lipinski definition) is 2. The molecule has 1 N–H and O–H groups in total. The summed E-state index contributed by atoms with van der Waals surface area (Å²) in [5, 5.41) is 3.34.